The first-order chi connectivity index (χ1) is 12.6. The van der Waals surface area contributed by atoms with Gasteiger partial charge in [-0.2, -0.15) is 0 Å². The normalized spacial score (nSPS) is 13.7. The number of benzene rings is 2. The van der Waals surface area contributed by atoms with Crippen LogP contribution in [0, 0.1) is 0 Å². The van der Waals surface area contributed by atoms with Gasteiger partial charge in [0.1, 0.15) is 11.5 Å². The summed E-state index contributed by atoms with van der Waals surface area (Å²) in [4.78, 5) is 18.2. The predicted octanol–water partition coefficient (Wildman–Crippen LogP) is 3.18. The predicted molar refractivity (Wildman–Crippen MR) is 95.8 cm³/mol. The van der Waals surface area contributed by atoms with E-state index in [-0.39, 0.29) is 0 Å². The van der Waals surface area contributed by atoms with Crippen LogP contribution in [0.25, 0.3) is 0 Å². The highest BCUT2D eigenvalue weighted by Gasteiger charge is 2.08. The minimum absolute atomic E-state index is 0.886. The molecule has 6 heteroatoms. The maximum absolute atomic E-state index is 9.10. The summed E-state index contributed by atoms with van der Waals surface area (Å²) < 4.78 is 10.8. The van der Waals surface area contributed by atoms with Crippen molar-refractivity contribution >= 4 is 11.9 Å². The third-order valence-corrected chi connectivity index (χ3v) is 3.82. The first-order valence-corrected chi connectivity index (χ1v) is 8.45. The zero-order valence-electron chi connectivity index (χ0n) is 14.4. The van der Waals surface area contributed by atoms with Crippen molar-refractivity contribution < 1.29 is 29.3 Å². The summed E-state index contributed by atoms with van der Waals surface area (Å²) >= 11 is 0. The van der Waals surface area contributed by atoms with Crippen molar-refractivity contribution in [3.05, 3.63) is 59.7 Å². The topological polar surface area (TPSA) is 93.1 Å². The molecule has 2 aliphatic rings. The Kier molecular flexibility index (Phi) is 7.49. The number of aliphatic carboxylic acids is 2. The van der Waals surface area contributed by atoms with E-state index in [4.69, 9.17) is 29.3 Å². The van der Waals surface area contributed by atoms with E-state index in [0.717, 1.165) is 37.6 Å². The van der Waals surface area contributed by atoms with Gasteiger partial charge in [0.05, 0.1) is 13.2 Å². The largest absolute Gasteiger partial charge is 0.493 e. The minimum atomic E-state index is -1.82. The number of carboxylic acids is 2. The van der Waals surface area contributed by atoms with Crippen LogP contribution in [-0.2, 0) is 22.4 Å². The zero-order valence-corrected chi connectivity index (χ0v) is 14.4. The van der Waals surface area contributed by atoms with Crippen LogP contribution in [0.5, 0.6) is 11.5 Å². The van der Waals surface area contributed by atoms with Crippen LogP contribution in [0.4, 0.5) is 0 Å². The molecule has 0 fully saturated rings. The monoisotopic (exact) mass is 358 g/mol. The average Bonchev–Trinajstić information content (AvgIpc) is 2.69. The molecule has 2 N–H and O–H groups in total. The van der Waals surface area contributed by atoms with Gasteiger partial charge < -0.3 is 19.7 Å². The number of aryl methyl sites for hydroxylation is 2. The van der Waals surface area contributed by atoms with Gasteiger partial charge in [-0.3, -0.25) is 0 Å². The highest BCUT2D eigenvalue weighted by Crippen LogP contribution is 2.23. The van der Waals surface area contributed by atoms with Crippen LogP contribution in [0.1, 0.15) is 24.0 Å². The molecule has 2 aliphatic heterocycles. The number of hydrogen-bond acceptors (Lipinski definition) is 4. The Hall–Kier alpha value is -3.02. The molecular formula is C20H22O6. The van der Waals surface area contributed by atoms with Gasteiger partial charge in [-0.25, -0.2) is 9.59 Å². The highest BCUT2D eigenvalue weighted by atomic mass is 16.5. The summed E-state index contributed by atoms with van der Waals surface area (Å²) in [5.74, 6) is -1.49. The molecule has 138 valence electrons. The number of hydrogen-bond donors (Lipinski definition) is 2. The Morgan fingerprint density at radius 3 is 1.42 bits per heavy atom. The van der Waals surface area contributed by atoms with Crippen molar-refractivity contribution in [3.63, 3.8) is 0 Å². The van der Waals surface area contributed by atoms with Crippen molar-refractivity contribution in [1.82, 2.24) is 0 Å². The molecule has 0 atom stereocenters. The molecule has 2 aromatic rings. The minimum Gasteiger partial charge on any atom is -0.493 e. The fourth-order valence-electron chi connectivity index (χ4n) is 2.59. The molecule has 2 heterocycles. The Bertz CT molecular complexity index is 627. The molecule has 2 aromatic carbocycles. The van der Waals surface area contributed by atoms with Crippen LogP contribution in [0.15, 0.2) is 48.5 Å². The maximum Gasteiger partial charge on any atom is 0.414 e. The SMILES string of the molecule is O=C(O)C(=O)O.c1ccc2c(c1)CCCO2.c1ccc2c(c1)CCCO2. The van der Waals surface area contributed by atoms with E-state index in [2.05, 4.69) is 24.3 Å². The average molecular weight is 358 g/mol. The van der Waals surface area contributed by atoms with E-state index in [0.29, 0.717) is 0 Å². The number of carboxylic acid groups (broad SMARTS) is 2. The lowest BCUT2D eigenvalue weighted by Crippen LogP contribution is -2.09. The molecule has 4 rings (SSSR count). The summed E-state index contributed by atoms with van der Waals surface area (Å²) in [7, 11) is 0. The summed E-state index contributed by atoms with van der Waals surface area (Å²) in [6.07, 6.45) is 4.68. The molecule has 0 unspecified atom stereocenters. The molecule has 0 bridgehead atoms. The molecule has 26 heavy (non-hydrogen) atoms. The fourth-order valence-corrected chi connectivity index (χ4v) is 2.59. The van der Waals surface area contributed by atoms with E-state index in [1.165, 1.54) is 24.0 Å². The van der Waals surface area contributed by atoms with E-state index in [9.17, 15) is 0 Å². The summed E-state index contributed by atoms with van der Waals surface area (Å²) in [5, 5.41) is 14.8. The Balaban J connectivity index is 0.000000146. The van der Waals surface area contributed by atoms with E-state index >= 15 is 0 Å². The lowest BCUT2D eigenvalue weighted by molar-refractivity contribution is -0.159. The van der Waals surface area contributed by atoms with Crippen LogP contribution < -0.4 is 9.47 Å². The molecule has 0 aliphatic carbocycles. The molecule has 0 saturated carbocycles. The smallest absolute Gasteiger partial charge is 0.414 e. The van der Waals surface area contributed by atoms with Crippen molar-refractivity contribution in [2.75, 3.05) is 13.2 Å². The van der Waals surface area contributed by atoms with Crippen LogP contribution in [0.2, 0.25) is 0 Å². The number of para-hydroxylation sites is 2. The summed E-state index contributed by atoms with van der Waals surface area (Å²) in [6.45, 7) is 1.77. The third kappa shape index (κ3) is 6.12. The van der Waals surface area contributed by atoms with E-state index in [1.807, 2.05) is 24.3 Å². The fraction of sp³-hybridized carbons (Fsp3) is 0.300. The third-order valence-electron chi connectivity index (χ3n) is 3.82. The van der Waals surface area contributed by atoms with Crippen molar-refractivity contribution in [2.24, 2.45) is 0 Å². The van der Waals surface area contributed by atoms with Crippen LogP contribution in [0.3, 0.4) is 0 Å². The molecule has 0 amide bonds. The lowest BCUT2D eigenvalue weighted by atomic mass is 10.1. The number of ether oxygens (including phenoxy) is 2. The maximum atomic E-state index is 9.10. The number of carbonyl (C=O) groups is 2. The van der Waals surface area contributed by atoms with Gasteiger partial charge in [0, 0.05) is 0 Å². The van der Waals surface area contributed by atoms with Gasteiger partial charge in [0.25, 0.3) is 0 Å². The van der Waals surface area contributed by atoms with Crippen LogP contribution >= 0.6 is 0 Å². The van der Waals surface area contributed by atoms with Crippen molar-refractivity contribution in [3.8, 4) is 11.5 Å². The molecule has 0 radical (unpaired) electrons. The standard InChI is InChI=1S/2C9H10O.C2H2O4/c2*1-2-6-9-8(4-1)5-3-7-10-9;3-1(4)2(5)6/h2*1-2,4,6H,3,5,7H2;(H,3,4)(H,5,6). The molecule has 0 saturated heterocycles. The quantitative estimate of drug-likeness (QED) is 0.703. The lowest BCUT2D eigenvalue weighted by Gasteiger charge is -2.15. The summed E-state index contributed by atoms with van der Waals surface area (Å²) in [6, 6.07) is 16.5. The Morgan fingerprint density at radius 1 is 0.692 bits per heavy atom. The number of fused-ring (bicyclic) bond motifs is 2. The molecule has 0 aromatic heterocycles. The Labute approximate surface area is 152 Å². The summed E-state index contributed by atoms with van der Waals surface area (Å²) in [5.41, 5.74) is 2.71. The second-order valence-corrected chi connectivity index (χ2v) is 5.73. The van der Waals surface area contributed by atoms with E-state index in [1.54, 1.807) is 0 Å². The Morgan fingerprint density at radius 2 is 1.08 bits per heavy atom. The first kappa shape index (κ1) is 19.3. The number of rotatable bonds is 0. The van der Waals surface area contributed by atoms with Gasteiger partial charge in [0.15, 0.2) is 0 Å². The van der Waals surface area contributed by atoms with Crippen LogP contribution in [-0.4, -0.2) is 35.4 Å². The highest BCUT2D eigenvalue weighted by molar-refractivity contribution is 6.27. The second-order valence-electron chi connectivity index (χ2n) is 5.73. The van der Waals surface area contributed by atoms with Gasteiger partial charge in [-0.05, 0) is 48.9 Å². The molecule has 0 spiro atoms. The first-order valence-electron chi connectivity index (χ1n) is 8.45. The second kappa shape index (κ2) is 10.1. The van der Waals surface area contributed by atoms with Gasteiger partial charge in [0.2, 0.25) is 0 Å². The molecular weight excluding hydrogens is 336 g/mol. The zero-order chi connectivity index (χ0) is 18.8. The van der Waals surface area contributed by atoms with Gasteiger partial charge in [-0.15, -0.1) is 0 Å². The van der Waals surface area contributed by atoms with Gasteiger partial charge in [-0.1, -0.05) is 36.4 Å². The van der Waals surface area contributed by atoms with Gasteiger partial charge >= 0.3 is 11.9 Å². The van der Waals surface area contributed by atoms with Crippen molar-refractivity contribution in [2.45, 2.75) is 25.7 Å². The van der Waals surface area contributed by atoms with Crippen molar-refractivity contribution in [1.29, 1.82) is 0 Å². The van der Waals surface area contributed by atoms with E-state index < -0.39 is 11.9 Å². The molecule has 6 nitrogen and oxygen atoms in total.